The number of hydrazine groups is 1. The minimum atomic E-state index is -4.58. The molecule has 3 aliphatic rings. The van der Waals surface area contributed by atoms with Crippen LogP contribution in [-0.4, -0.2) is 55.9 Å². The number of nitrogens with zero attached hydrogens (tertiary/aromatic N) is 2. The summed E-state index contributed by atoms with van der Waals surface area (Å²) in [6.45, 7) is 2.41. The van der Waals surface area contributed by atoms with Crippen LogP contribution >= 0.6 is 0 Å². The first-order valence-corrected chi connectivity index (χ1v) is 9.61. The molecule has 0 saturated carbocycles. The molecule has 3 heterocycles. The molecule has 2 unspecified atom stereocenters. The van der Waals surface area contributed by atoms with E-state index in [1.54, 1.807) is 4.90 Å². The van der Waals surface area contributed by atoms with Gasteiger partial charge in [-0.05, 0) is 30.0 Å². The Hall–Kier alpha value is -1.84. The van der Waals surface area contributed by atoms with E-state index < -0.39 is 24.0 Å². The summed E-state index contributed by atoms with van der Waals surface area (Å²) in [5.74, 6) is -3.05. The Labute approximate surface area is 162 Å². The first kappa shape index (κ1) is 19.5. The largest absolute Gasteiger partial charge is 0.402 e. The average molecular weight is 398 g/mol. The van der Waals surface area contributed by atoms with E-state index in [9.17, 15) is 18.0 Å². The van der Waals surface area contributed by atoms with Gasteiger partial charge in [-0.25, -0.2) is 5.43 Å². The monoisotopic (exact) mass is 398 g/mol. The lowest BCUT2D eigenvalue weighted by Crippen LogP contribution is -2.63. The second-order valence-corrected chi connectivity index (χ2v) is 7.79. The molecule has 6 nitrogen and oxygen atoms in total. The number of benzene rings is 1. The van der Waals surface area contributed by atoms with Crippen molar-refractivity contribution in [3.8, 4) is 0 Å². The molecule has 0 aliphatic carbocycles. The summed E-state index contributed by atoms with van der Waals surface area (Å²) < 4.78 is 46.3. The summed E-state index contributed by atoms with van der Waals surface area (Å²) in [5.41, 5.74) is 7.81. The summed E-state index contributed by atoms with van der Waals surface area (Å²) in [5, 5.41) is 0. The molecule has 1 amide bonds. The van der Waals surface area contributed by atoms with Gasteiger partial charge < -0.3 is 9.64 Å². The number of halogens is 3. The molecule has 1 aromatic carbocycles. The molecular formula is C19H25F3N4O2. The van der Waals surface area contributed by atoms with E-state index in [4.69, 9.17) is 4.74 Å². The highest BCUT2D eigenvalue weighted by molar-refractivity contribution is 5.80. The summed E-state index contributed by atoms with van der Waals surface area (Å²) in [6.07, 6.45) is -2.29. The lowest BCUT2D eigenvalue weighted by atomic mass is 9.95. The van der Waals surface area contributed by atoms with Gasteiger partial charge in [-0.1, -0.05) is 12.1 Å². The summed E-state index contributed by atoms with van der Waals surface area (Å²) in [6, 6.07) is 4.97. The van der Waals surface area contributed by atoms with Crippen LogP contribution in [0.1, 0.15) is 24.0 Å². The van der Waals surface area contributed by atoms with E-state index >= 15 is 0 Å². The van der Waals surface area contributed by atoms with Gasteiger partial charge in [0.25, 0.3) is 0 Å². The third kappa shape index (κ3) is 3.70. The van der Waals surface area contributed by atoms with Gasteiger partial charge in [-0.3, -0.25) is 15.1 Å². The van der Waals surface area contributed by atoms with E-state index in [0.29, 0.717) is 13.1 Å². The Balaban J connectivity index is 1.54. The van der Waals surface area contributed by atoms with E-state index in [1.165, 1.54) is 0 Å². The molecule has 2 N–H and O–H groups in total. The molecule has 0 radical (unpaired) electrons. The van der Waals surface area contributed by atoms with Crippen molar-refractivity contribution >= 4 is 11.6 Å². The van der Waals surface area contributed by atoms with Crippen molar-refractivity contribution < 1.29 is 22.7 Å². The smallest absolute Gasteiger partial charge is 0.376 e. The van der Waals surface area contributed by atoms with Crippen LogP contribution in [0.25, 0.3) is 0 Å². The zero-order valence-corrected chi connectivity index (χ0v) is 15.8. The average Bonchev–Trinajstić information content (AvgIpc) is 3.29. The predicted molar refractivity (Wildman–Crippen MR) is 97.4 cm³/mol. The van der Waals surface area contributed by atoms with E-state index in [2.05, 4.69) is 15.8 Å². The topological polar surface area (TPSA) is 56.8 Å². The lowest BCUT2D eigenvalue weighted by molar-refractivity contribution is -0.201. The number of anilines is 1. The van der Waals surface area contributed by atoms with Crippen molar-refractivity contribution in [1.82, 2.24) is 15.8 Å². The zero-order valence-electron chi connectivity index (χ0n) is 15.8. The molecule has 0 spiro atoms. The first-order valence-electron chi connectivity index (χ1n) is 9.61. The molecule has 0 bridgehead atoms. The number of amides is 1. The SMILES string of the molecule is CN(C[C@@H]1CCCO1)c1cccc2c1CN(C1CNNC(=O)C1C(F)(F)F)C2. The maximum atomic E-state index is 13.5. The van der Waals surface area contributed by atoms with E-state index in [1.807, 2.05) is 25.2 Å². The first-order chi connectivity index (χ1) is 13.3. The van der Waals surface area contributed by atoms with Crippen molar-refractivity contribution in [1.29, 1.82) is 0 Å². The number of alkyl halides is 3. The third-order valence-electron chi connectivity index (χ3n) is 5.91. The van der Waals surface area contributed by atoms with Gasteiger partial charge in [0.15, 0.2) is 5.92 Å². The fourth-order valence-electron chi connectivity index (χ4n) is 4.53. The number of rotatable bonds is 4. The van der Waals surface area contributed by atoms with Gasteiger partial charge in [-0.2, -0.15) is 13.2 Å². The maximum Gasteiger partial charge on any atom is 0.402 e. The highest BCUT2D eigenvalue weighted by Gasteiger charge is 2.53. The quantitative estimate of drug-likeness (QED) is 0.810. The highest BCUT2D eigenvalue weighted by atomic mass is 19.4. The molecule has 154 valence electrons. The van der Waals surface area contributed by atoms with Crippen LogP contribution in [0, 0.1) is 5.92 Å². The zero-order chi connectivity index (χ0) is 19.9. The molecule has 2 fully saturated rings. The normalized spacial score (nSPS) is 28.3. The standard InChI is InChI=1S/C19H25F3N4O2/c1-25(10-13-5-3-7-28-13)15-6-2-4-12-9-26(11-14(12)15)16-8-23-24-18(27)17(16)19(20,21)22/h2,4,6,13,16-17,23H,3,5,7-11H2,1H3,(H,24,27)/t13-,16?,17?/m0/s1. The minimum absolute atomic E-state index is 0.0605. The Morgan fingerprint density at radius 2 is 2.14 bits per heavy atom. The van der Waals surface area contributed by atoms with Crippen molar-refractivity contribution in [2.24, 2.45) is 5.92 Å². The van der Waals surface area contributed by atoms with Crippen LogP contribution in [0.5, 0.6) is 0 Å². The van der Waals surface area contributed by atoms with Gasteiger partial charge in [0.2, 0.25) is 5.91 Å². The van der Waals surface area contributed by atoms with Crippen molar-refractivity contribution in [2.45, 2.75) is 44.3 Å². The maximum absolute atomic E-state index is 13.5. The Morgan fingerprint density at radius 3 is 2.86 bits per heavy atom. The van der Waals surface area contributed by atoms with Gasteiger partial charge in [0.05, 0.1) is 6.10 Å². The van der Waals surface area contributed by atoms with Gasteiger partial charge in [0, 0.05) is 51.6 Å². The number of hydrogen-bond acceptors (Lipinski definition) is 5. The van der Waals surface area contributed by atoms with Crippen LogP contribution in [0.2, 0.25) is 0 Å². The number of carbonyl (C=O) groups is 1. The second kappa shape index (κ2) is 7.53. The van der Waals surface area contributed by atoms with Crippen LogP contribution < -0.4 is 15.8 Å². The molecule has 0 aromatic heterocycles. The van der Waals surface area contributed by atoms with Crippen LogP contribution in [0.4, 0.5) is 18.9 Å². The Kier molecular flexibility index (Phi) is 5.24. The summed E-state index contributed by atoms with van der Waals surface area (Å²) in [4.78, 5) is 15.8. The Bertz CT molecular complexity index is 736. The van der Waals surface area contributed by atoms with E-state index in [0.717, 1.165) is 42.8 Å². The highest BCUT2D eigenvalue weighted by Crippen LogP contribution is 2.38. The van der Waals surface area contributed by atoms with Crippen molar-refractivity contribution in [3.63, 3.8) is 0 Å². The molecular weight excluding hydrogens is 373 g/mol. The van der Waals surface area contributed by atoms with Gasteiger partial charge >= 0.3 is 6.18 Å². The van der Waals surface area contributed by atoms with Crippen LogP contribution in [-0.2, 0) is 22.6 Å². The molecule has 9 heteroatoms. The third-order valence-corrected chi connectivity index (χ3v) is 5.91. The number of carbonyl (C=O) groups excluding carboxylic acids is 1. The van der Waals surface area contributed by atoms with Crippen LogP contribution in [0.15, 0.2) is 18.2 Å². The predicted octanol–water partition coefficient (Wildman–Crippen LogP) is 1.80. The molecule has 3 atom stereocenters. The second-order valence-electron chi connectivity index (χ2n) is 7.79. The van der Waals surface area contributed by atoms with Crippen LogP contribution in [0.3, 0.4) is 0 Å². The van der Waals surface area contributed by atoms with Crippen molar-refractivity contribution in [3.05, 3.63) is 29.3 Å². The number of fused-ring (bicyclic) bond motifs is 1. The van der Waals surface area contributed by atoms with Gasteiger partial charge in [0.1, 0.15) is 0 Å². The fourth-order valence-corrected chi connectivity index (χ4v) is 4.53. The fraction of sp³-hybridized carbons (Fsp3) is 0.632. The number of ether oxygens (including phenoxy) is 1. The minimum Gasteiger partial charge on any atom is -0.376 e. The van der Waals surface area contributed by atoms with Gasteiger partial charge in [-0.15, -0.1) is 0 Å². The molecule has 1 aromatic rings. The van der Waals surface area contributed by atoms with Crippen molar-refractivity contribution in [2.75, 3.05) is 31.6 Å². The summed E-state index contributed by atoms with van der Waals surface area (Å²) in [7, 11) is 1.99. The Morgan fingerprint density at radius 1 is 1.32 bits per heavy atom. The molecule has 4 rings (SSSR count). The molecule has 28 heavy (non-hydrogen) atoms. The molecule has 3 aliphatic heterocycles. The lowest BCUT2D eigenvalue weighted by Gasteiger charge is -2.38. The summed E-state index contributed by atoms with van der Waals surface area (Å²) >= 11 is 0. The molecule has 2 saturated heterocycles. The van der Waals surface area contributed by atoms with E-state index in [-0.39, 0.29) is 12.6 Å². The number of nitrogens with one attached hydrogen (secondary N) is 2. The number of hydrogen-bond donors (Lipinski definition) is 2. The number of likely N-dealkylation sites (N-methyl/N-ethyl adjacent to an activating group) is 1.